The van der Waals surface area contributed by atoms with Gasteiger partial charge in [0, 0.05) is 19.6 Å². The summed E-state index contributed by atoms with van der Waals surface area (Å²) < 4.78 is 0. The van der Waals surface area contributed by atoms with Crippen LogP contribution in [0.25, 0.3) is 0 Å². The van der Waals surface area contributed by atoms with Crippen molar-refractivity contribution in [2.24, 2.45) is 5.73 Å². The minimum absolute atomic E-state index is 0.512. The summed E-state index contributed by atoms with van der Waals surface area (Å²) in [5.41, 5.74) is 7.69. The fraction of sp³-hybridized carbons (Fsp3) is 0.615. The zero-order chi connectivity index (χ0) is 12.3. The molecule has 1 aliphatic rings. The minimum atomic E-state index is 0.512. The maximum absolute atomic E-state index is 5.55. The molecule has 0 bridgehead atoms. The highest BCUT2D eigenvalue weighted by atomic mass is 15.2. The van der Waals surface area contributed by atoms with Gasteiger partial charge in [0.1, 0.15) is 0 Å². The summed E-state index contributed by atoms with van der Waals surface area (Å²) in [6.07, 6.45) is 4.39. The normalized spacial score (nSPS) is 18.3. The number of aromatic nitrogens is 1. The van der Waals surface area contributed by atoms with Crippen molar-refractivity contribution in [1.29, 1.82) is 0 Å². The lowest BCUT2D eigenvalue weighted by Crippen LogP contribution is -2.42. The molecule has 0 atom stereocenters. The largest absolute Gasteiger partial charge is 0.370 e. The summed E-state index contributed by atoms with van der Waals surface area (Å²) in [7, 11) is 4.35. The molecule has 0 aliphatic carbocycles. The molecule has 0 radical (unpaired) electrons. The molecule has 4 nitrogen and oxygen atoms in total. The van der Waals surface area contributed by atoms with E-state index >= 15 is 0 Å². The van der Waals surface area contributed by atoms with Crippen molar-refractivity contribution in [2.75, 3.05) is 32.1 Å². The third-order valence-corrected chi connectivity index (χ3v) is 3.66. The van der Waals surface area contributed by atoms with E-state index in [9.17, 15) is 0 Å². The summed E-state index contributed by atoms with van der Waals surface area (Å²) in [4.78, 5) is 9.09. The average Bonchev–Trinajstić information content (AvgIpc) is 2.39. The number of hydrogen-bond acceptors (Lipinski definition) is 4. The van der Waals surface area contributed by atoms with Crippen molar-refractivity contribution in [2.45, 2.75) is 25.4 Å². The lowest BCUT2D eigenvalue weighted by atomic mass is 10.0. The molecule has 2 heterocycles. The van der Waals surface area contributed by atoms with Crippen LogP contribution in [0.1, 0.15) is 18.5 Å². The van der Waals surface area contributed by atoms with Gasteiger partial charge in [0.15, 0.2) is 0 Å². The van der Waals surface area contributed by atoms with Crippen LogP contribution in [0, 0.1) is 0 Å². The van der Waals surface area contributed by atoms with E-state index in [0.717, 1.165) is 5.69 Å². The lowest BCUT2D eigenvalue weighted by Gasteiger charge is -2.36. The van der Waals surface area contributed by atoms with Crippen molar-refractivity contribution in [1.82, 2.24) is 9.88 Å². The van der Waals surface area contributed by atoms with Crippen molar-refractivity contribution in [3.05, 3.63) is 24.0 Å². The minimum Gasteiger partial charge on any atom is -0.370 e. The predicted molar refractivity (Wildman–Crippen MR) is 71.1 cm³/mol. The molecular weight excluding hydrogens is 212 g/mol. The number of pyridine rings is 1. The highest BCUT2D eigenvalue weighted by Gasteiger charge is 2.20. The summed E-state index contributed by atoms with van der Waals surface area (Å²) >= 11 is 0. The molecule has 1 saturated heterocycles. The Hall–Kier alpha value is -1.13. The molecule has 0 spiro atoms. The van der Waals surface area contributed by atoms with Gasteiger partial charge < -0.3 is 15.5 Å². The molecule has 0 aromatic carbocycles. The van der Waals surface area contributed by atoms with Gasteiger partial charge in [-0.3, -0.25) is 4.98 Å². The Morgan fingerprint density at radius 3 is 2.65 bits per heavy atom. The van der Waals surface area contributed by atoms with Gasteiger partial charge in [0.25, 0.3) is 0 Å². The number of nitrogens with two attached hydrogens (primary N) is 1. The average molecular weight is 234 g/mol. The molecule has 1 aromatic rings. The number of likely N-dealkylation sites (tertiary alicyclic amines) is 1. The fourth-order valence-electron chi connectivity index (χ4n) is 2.34. The van der Waals surface area contributed by atoms with Gasteiger partial charge in [-0.1, -0.05) is 0 Å². The van der Waals surface area contributed by atoms with E-state index in [1.54, 1.807) is 0 Å². The van der Waals surface area contributed by atoms with Crippen molar-refractivity contribution in [3.8, 4) is 0 Å². The van der Waals surface area contributed by atoms with Crippen LogP contribution in [-0.2, 0) is 6.54 Å². The Labute approximate surface area is 103 Å². The molecule has 2 N–H and O–H groups in total. The monoisotopic (exact) mass is 234 g/mol. The van der Waals surface area contributed by atoms with Gasteiger partial charge in [-0.25, -0.2) is 0 Å². The van der Waals surface area contributed by atoms with Crippen LogP contribution in [0.5, 0.6) is 0 Å². The Bertz CT molecular complexity index is 341. The number of nitrogens with zero attached hydrogens (tertiary/aromatic N) is 3. The first-order valence-electron chi connectivity index (χ1n) is 6.27. The molecule has 2 rings (SSSR count). The first kappa shape index (κ1) is 12.3. The molecule has 1 aliphatic heterocycles. The molecule has 0 unspecified atom stereocenters. The van der Waals surface area contributed by atoms with Crippen LogP contribution in [0.15, 0.2) is 18.3 Å². The summed E-state index contributed by atoms with van der Waals surface area (Å²) in [5, 5.41) is 0. The van der Waals surface area contributed by atoms with Gasteiger partial charge in [0.2, 0.25) is 0 Å². The molecule has 0 saturated carbocycles. The number of hydrogen-bond donors (Lipinski definition) is 1. The van der Waals surface area contributed by atoms with Gasteiger partial charge in [0.05, 0.1) is 17.6 Å². The molecule has 94 valence electrons. The third-order valence-electron chi connectivity index (χ3n) is 3.66. The van der Waals surface area contributed by atoms with Gasteiger partial charge >= 0.3 is 0 Å². The smallest absolute Gasteiger partial charge is 0.0552 e. The molecule has 1 aromatic heterocycles. The third kappa shape index (κ3) is 2.96. The molecule has 17 heavy (non-hydrogen) atoms. The van der Waals surface area contributed by atoms with E-state index in [4.69, 9.17) is 5.73 Å². The summed E-state index contributed by atoms with van der Waals surface area (Å²) in [6.45, 7) is 2.88. The Morgan fingerprint density at radius 1 is 1.41 bits per heavy atom. The van der Waals surface area contributed by atoms with Crippen molar-refractivity contribution < 1.29 is 0 Å². The highest BCUT2D eigenvalue weighted by Crippen LogP contribution is 2.20. The Kier molecular flexibility index (Phi) is 3.97. The van der Waals surface area contributed by atoms with E-state index in [0.29, 0.717) is 12.6 Å². The number of piperidine rings is 1. The number of anilines is 1. The van der Waals surface area contributed by atoms with Crippen molar-refractivity contribution >= 4 is 5.69 Å². The lowest BCUT2D eigenvalue weighted by molar-refractivity contribution is 0.253. The predicted octanol–water partition coefficient (Wildman–Crippen LogP) is 1.07. The van der Waals surface area contributed by atoms with Crippen LogP contribution in [-0.4, -0.2) is 43.1 Å². The first-order valence-corrected chi connectivity index (χ1v) is 6.27. The molecule has 4 heteroatoms. The molecule has 0 amide bonds. The van der Waals surface area contributed by atoms with Crippen LogP contribution < -0.4 is 10.6 Å². The zero-order valence-electron chi connectivity index (χ0n) is 10.8. The van der Waals surface area contributed by atoms with E-state index in [2.05, 4.69) is 34.9 Å². The zero-order valence-corrected chi connectivity index (χ0v) is 10.8. The standard InChI is InChI=1S/C13H22N4/c1-16-7-5-12(6-8-16)17(2)13-4-3-11(9-14)15-10-13/h3-4,10,12H,5-9,14H2,1-2H3. The summed E-state index contributed by atoms with van der Waals surface area (Å²) in [6, 6.07) is 4.77. The van der Waals surface area contributed by atoms with Gasteiger partial charge in [-0.05, 0) is 45.1 Å². The van der Waals surface area contributed by atoms with E-state index in [-0.39, 0.29) is 0 Å². The first-order chi connectivity index (χ1) is 8.20. The molecular formula is C13H22N4. The van der Waals surface area contributed by atoms with Crippen LogP contribution in [0.4, 0.5) is 5.69 Å². The second-order valence-corrected chi connectivity index (χ2v) is 4.86. The Balaban J connectivity index is 2.00. The highest BCUT2D eigenvalue weighted by molar-refractivity contribution is 5.44. The second kappa shape index (κ2) is 5.47. The van der Waals surface area contributed by atoms with Crippen LogP contribution in [0.3, 0.4) is 0 Å². The second-order valence-electron chi connectivity index (χ2n) is 4.86. The fourth-order valence-corrected chi connectivity index (χ4v) is 2.34. The van der Waals surface area contributed by atoms with E-state index < -0.39 is 0 Å². The summed E-state index contributed by atoms with van der Waals surface area (Å²) in [5.74, 6) is 0. The SMILES string of the molecule is CN1CCC(N(C)c2ccc(CN)nc2)CC1. The van der Waals surface area contributed by atoms with Gasteiger partial charge in [-0.2, -0.15) is 0 Å². The van der Waals surface area contributed by atoms with E-state index in [1.165, 1.54) is 31.6 Å². The maximum Gasteiger partial charge on any atom is 0.0552 e. The number of rotatable bonds is 3. The quantitative estimate of drug-likeness (QED) is 0.850. The van der Waals surface area contributed by atoms with Crippen LogP contribution >= 0.6 is 0 Å². The maximum atomic E-state index is 5.55. The topological polar surface area (TPSA) is 45.4 Å². The van der Waals surface area contributed by atoms with Gasteiger partial charge in [-0.15, -0.1) is 0 Å². The Morgan fingerprint density at radius 2 is 2.12 bits per heavy atom. The van der Waals surface area contributed by atoms with E-state index in [1.807, 2.05) is 12.3 Å². The van der Waals surface area contributed by atoms with Crippen molar-refractivity contribution in [3.63, 3.8) is 0 Å². The molecule has 1 fully saturated rings. The van der Waals surface area contributed by atoms with Crippen LogP contribution in [0.2, 0.25) is 0 Å².